The Kier molecular flexibility index (Phi) is 5.98. The summed E-state index contributed by atoms with van der Waals surface area (Å²) < 4.78 is 7.02. The Labute approximate surface area is 202 Å². The highest BCUT2D eigenvalue weighted by Gasteiger charge is 2.32. The third-order valence-electron chi connectivity index (χ3n) is 6.68. The van der Waals surface area contributed by atoms with Gasteiger partial charge in [-0.25, -0.2) is 4.79 Å². The van der Waals surface area contributed by atoms with Gasteiger partial charge in [-0.15, -0.1) is 0 Å². The lowest BCUT2D eigenvalue weighted by Crippen LogP contribution is -2.42. The van der Waals surface area contributed by atoms with Gasteiger partial charge in [-0.1, -0.05) is 48.5 Å². The predicted molar refractivity (Wildman–Crippen MR) is 128 cm³/mol. The molecule has 3 aromatic rings. The van der Waals surface area contributed by atoms with Gasteiger partial charge in [0.2, 0.25) is 0 Å². The van der Waals surface area contributed by atoms with E-state index in [1.807, 2.05) is 36.4 Å². The number of aromatic nitrogens is 2. The van der Waals surface area contributed by atoms with Crippen molar-refractivity contribution in [2.75, 3.05) is 25.0 Å². The van der Waals surface area contributed by atoms with Gasteiger partial charge in [0.25, 0.3) is 5.91 Å². The number of nitrogens with one attached hydrogen (secondary N) is 1. The van der Waals surface area contributed by atoms with Crippen molar-refractivity contribution >= 4 is 23.8 Å². The molecule has 5 rings (SSSR count). The molecule has 2 N–H and O–H groups in total. The van der Waals surface area contributed by atoms with Crippen molar-refractivity contribution in [1.82, 2.24) is 14.7 Å². The molecule has 180 valence electrons. The lowest BCUT2D eigenvalue weighted by molar-refractivity contribution is -0.143. The number of likely N-dealkylation sites (tertiary alicyclic amines) is 1. The molecule has 1 saturated heterocycles. The van der Waals surface area contributed by atoms with Gasteiger partial charge in [0.15, 0.2) is 5.82 Å². The number of piperidine rings is 1. The van der Waals surface area contributed by atoms with Crippen LogP contribution in [0.25, 0.3) is 11.1 Å². The Morgan fingerprint density at radius 3 is 2.40 bits per heavy atom. The van der Waals surface area contributed by atoms with Crippen molar-refractivity contribution in [2.24, 2.45) is 13.0 Å². The highest BCUT2D eigenvalue weighted by Crippen LogP contribution is 2.44. The lowest BCUT2D eigenvalue weighted by atomic mass is 9.98. The van der Waals surface area contributed by atoms with E-state index in [4.69, 9.17) is 4.74 Å². The standard InChI is InChI=1S/C26H26N4O5/c1-29-14-21(24(31)30-12-6-7-16(13-30)25(32)33)23(28-29)27-26(34)35-15-22-19-10-4-2-8-17(19)18-9-3-5-11-20(18)22/h2-5,8-11,14,16,22H,6-7,12-13,15H2,1H3,(H,32,33)(H,27,28,34)/t16-/m0/s1. The highest BCUT2D eigenvalue weighted by atomic mass is 16.5. The van der Waals surface area contributed by atoms with Gasteiger partial charge in [-0.05, 0) is 35.1 Å². The first-order valence-electron chi connectivity index (χ1n) is 11.6. The molecule has 2 aromatic carbocycles. The molecule has 2 amide bonds. The van der Waals surface area contributed by atoms with Crippen LogP contribution in [0.1, 0.15) is 40.2 Å². The van der Waals surface area contributed by atoms with Crippen LogP contribution in [0.4, 0.5) is 10.6 Å². The van der Waals surface area contributed by atoms with Crippen LogP contribution in [0.15, 0.2) is 54.7 Å². The van der Waals surface area contributed by atoms with Crippen molar-refractivity contribution in [2.45, 2.75) is 18.8 Å². The molecule has 1 atom stereocenters. The molecule has 1 aliphatic carbocycles. The largest absolute Gasteiger partial charge is 0.481 e. The summed E-state index contributed by atoms with van der Waals surface area (Å²) in [5, 5.41) is 16.1. The Morgan fingerprint density at radius 1 is 1.09 bits per heavy atom. The smallest absolute Gasteiger partial charge is 0.412 e. The van der Waals surface area contributed by atoms with Crippen LogP contribution in [-0.2, 0) is 16.6 Å². The van der Waals surface area contributed by atoms with E-state index in [1.165, 1.54) is 15.8 Å². The van der Waals surface area contributed by atoms with Crippen molar-refractivity contribution in [1.29, 1.82) is 0 Å². The van der Waals surface area contributed by atoms with E-state index < -0.39 is 18.0 Å². The van der Waals surface area contributed by atoms with Gasteiger partial charge in [0, 0.05) is 32.3 Å². The molecule has 0 bridgehead atoms. The number of anilines is 1. The SMILES string of the molecule is Cn1cc(C(=O)N2CCC[C@H](C(=O)O)C2)c(NC(=O)OCC2c3ccccc3-c3ccccc32)n1. The number of carboxylic acid groups (broad SMARTS) is 1. The zero-order valence-corrected chi connectivity index (χ0v) is 19.3. The van der Waals surface area contributed by atoms with Crippen LogP contribution < -0.4 is 5.32 Å². The number of hydrogen-bond donors (Lipinski definition) is 2. The average molecular weight is 475 g/mol. The quantitative estimate of drug-likeness (QED) is 0.583. The third-order valence-corrected chi connectivity index (χ3v) is 6.68. The van der Waals surface area contributed by atoms with E-state index in [1.54, 1.807) is 7.05 Å². The number of aliphatic carboxylic acids is 1. The number of rotatable bonds is 5. The van der Waals surface area contributed by atoms with Crippen LogP contribution in [0.5, 0.6) is 0 Å². The molecular weight excluding hydrogens is 448 g/mol. The molecule has 35 heavy (non-hydrogen) atoms. The minimum absolute atomic E-state index is 0.0840. The minimum Gasteiger partial charge on any atom is -0.481 e. The number of carbonyl (C=O) groups is 3. The molecule has 0 radical (unpaired) electrons. The number of aryl methyl sites for hydroxylation is 1. The van der Waals surface area contributed by atoms with E-state index in [9.17, 15) is 19.5 Å². The summed E-state index contributed by atoms with van der Waals surface area (Å²) in [6, 6.07) is 16.1. The second-order valence-electron chi connectivity index (χ2n) is 8.94. The fourth-order valence-corrected chi connectivity index (χ4v) is 5.00. The van der Waals surface area contributed by atoms with E-state index >= 15 is 0 Å². The van der Waals surface area contributed by atoms with E-state index in [2.05, 4.69) is 22.5 Å². The number of amides is 2. The Hall–Kier alpha value is -4.14. The minimum atomic E-state index is -0.911. The van der Waals surface area contributed by atoms with Gasteiger partial charge in [-0.2, -0.15) is 5.10 Å². The Balaban J connectivity index is 1.28. The normalized spacial score (nSPS) is 16.9. The molecule has 0 spiro atoms. The van der Waals surface area contributed by atoms with E-state index in [0.29, 0.717) is 19.4 Å². The number of benzene rings is 2. The van der Waals surface area contributed by atoms with Gasteiger partial charge in [-0.3, -0.25) is 19.6 Å². The average Bonchev–Trinajstić information content (AvgIpc) is 3.39. The van der Waals surface area contributed by atoms with E-state index in [0.717, 1.165) is 22.3 Å². The maximum absolute atomic E-state index is 13.1. The number of carbonyl (C=O) groups excluding carboxylic acids is 2. The summed E-state index contributed by atoms with van der Waals surface area (Å²) in [6.07, 6.45) is 1.96. The molecule has 1 fully saturated rings. The van der Waals surface area contributed by atoms with Gasteiger partial charge in [0.1, 0.15) is 12.2 Å². The zero-order valence-electron chi connectivity index (χ0n) is 19.3. The topological polar surface area (TPSA) is 114 Å². The Morgan fingerprint density at radius 2 is 1.74 bits per heavy atom. The summed E-state index contributed by atoms with van der Waals surface area (Å²) >= 11 is 0. The van der Waals surface area contributed by atoms with Crippen molar-refractivity contribution < 1.29 is 24.2 Å². The van der Waals surface area contributed by atoms with Crippen molar-refractivity contribution in [3.05, 3.63) is 71.4 Å². The number of fused-ring (bicyclic) bond motifs is 3. The molecular formula is C26H26N4O5. The summed E-state index contributed by atoms with van der Waals surface area (Å²) in [4.78, 5) is 38.7. The van der Waals surface area contributed by atoms with Crippen LogP contribution in [0.3, 0.4) is 0 Å². The predicted octanol–water partition coefficient (Wildman–Crippen LogP) is 3.72. The molecule has 0 unspecified atom stereocenters. The number of carboxylic acids is 1. The maximum Gasteiger partial charge on any atom is 0.412 e. The van der Waals surface area contributed by atoms with Gasteiger partial charge in [0.05, 0.1) is 5.92 Å². The monoisotopic (exact) mass is 474 g/mol. The van der Waals surface area contributed by atoms with Crippen LogP contribution in [0, 0.1) is 5.92 Å². The third kappa shape index (κ3) is 4.37. The summed E-state index contributed by atoms with van der Waals surface area (Å²) in [7, 11) is 1.65. The van der Waals surface area contributed by atoms with Crippen LogP contribution in [-0.4, -0.2) is 57.5 Å². The maximum atomic E-state index is 13.1. The lowest BCUT2D eigenvalue weighted by Gasteiger charge is -2.30. The van der Waals surface area contributed by atoms with Crippen LogP contribution in [0.2, 0.25) is 0 Å². The molecule has 2 aliphatic rings. The molecule has 0 saturated carbocycles. The van der Waals surface area contributed by atoms with E-state index in [-0.39, 0.29) is 36.4 Å². The van der Waals surface area contributed by atoms with Crippen molar-refractivity contribution in [3.63, 3.8) is 0 Å². The molecule has 9 heteroatoms. The first kappa shape index (κ1) is 22.6. The molecule has 1 aliphatic heterocycles. The summed E-state index contributed by atoms with van der Waals surface area (Å²) in [5.74, 6) is -1.86. The zero-order chi connectivity index (χ0) is 24.5. The molecule has 9 nitrogen and oxygen atoms in total. The van der Waals surface area contributed by atoms with Crippen molar-refractivity contribution in [3.8, 4) is 11.1 Å². The van der Waals surface area contributed by atoms with Gasteiger partial charge < -0.3 is 14.7 Å². The first-order chi connectivity index (χ1) is 16.9. The first-order valence-corrected chi connectivity index (χ1v) is 11.6. The van der Waals surface area contributed by atoms with Crippen LogP contribution >= 0.6 is 0 Å². The fourth-order valence-electron chi connectivity index (χ4n) is 5.00. The second-order valence-corrected chi connectivity index (χ2v) is 8.94. The number of ether oxygens (including phenoxy) is 1. The molecule has 2 heterocycles. The Bertz CT molecular complexity index is 1250. The summed E-state index contributed by atoms with van der Waals surface area (Å²) in [6.45, 7) is 0.734. The highest BCUT2D eigenvalue weighted by molar-refractivity contribution is 6.01. The number of hydrogen-bond acceptors (Lipinski definition) is 5. The van der Waals surface area contributed by atoms with Gasteiger partial charge >= 0.3 is 12.1 Å². The summed E-state index contributed by atoms with van der Waals surface area (Å²) in [5.41, 5.74) is 4.68. The second kappa shape index (κ2) is 9.25. The number of nitrogens with zero attached hydrogens (tertiary/aromatic N) is 3. The molecule has 1 aromatic heterocycles. The fraction of sp³-hybridized carbons (Fsp3) is 0.308.